The SMILES string of the molecule is CC.CC(=O)OCC1CCCCC1. The second-order valence-corrected chi connectivity index (χ2v) is 3.31. The first-order valence-corrected chi connectivity index (χ1v) is 5.42. The van der Waals surface area contributed by atoms with Gasteiger partial charge in [0, 0.05) is 6.92 Å². The maximum atomic E-state index is 10.5. The van der Waals surface area contributed by atoms with Crippen molar-refractivity contribution in [3.05, 3.63) is 0 Å². The number of carbonyl (C=O) groups excluding carboxylic acids is 1. The normalized spacial score (nSPS) is 17.2. The van der Waals surface area contributed by atoms with Gasteiger partial charge in [-0.25, -0.2) is 0 Å². The van der Waals surface area contributed by atoms with Gasteiger partial charge in [0.05, 0.1) is 6.61 Å². The monoisotopic (exact) mass is 186 g/mol. The average molecular weight is 186 g/mol. The minimum Gasteiger partial charge on any atom is -0.466 e. The predicted octanol–water partition coefficient (Wildman–Crippen LogP) is 3.16. The molecule has 2 heteroatoms. The van der Waals surface area contributed by atoms with Gasteiger partial charge in [-0.1, -0.05) is 33.1 Å². The van der Waals surface area contributed by atoms with Crippen molar-refractivity contribution in [2.24, 2.45) is 5.92 Å². The minimum atomic E-state index is -0.143. The first-order valence-electron chi connectivity index (χ1n) is 5.42. The molecule has 0 aromatic heterocycles. The molecule has 2 nitrogen and oxygen atoms in total. The Balaban J connectivity index is 0.000000671. The summed E-state index contributed by atoms with van der Waals surface area (Å²) in [6, 6.07) is 0. The molecule has 0 spiro atoms. The third kappa shape index (κ3) is 6.62. The Bertz CT molecular complexity index is 126. The van der Waals surface area contributed by atoms with E-state index in [1.807, 2.05) is 13.8 Å². The molecule has 0 amide bonds. The van der Waals surface area contributed by atoms with Gasteiger partial charge in [0.25, 0.3) is 0 Å². The molecule has 0 atom stereocenters. The number of carbonyl (C=O) groups is 1. The highest BCUT2D eigenvalue weighted by molar-refractivity contribution is 5.65. The molecule has 0 bridgehead atoms. The van der Waals surface area contributed by atoms with E-state index < -0.39 is 0 Å². The summed E-state index contributed by atoms with van der Waals surface area (Å²) < 4.78 is 4.94. The zero-order chi connectivity index (χ0) is 10.1. The molecule has 1 aliphatic rings. The van der Waals surface area contributed by atoms with E-state index in [9.17, 15) is 4.79 Å². The van der Waals surface area contributed by atoms with Gasteiger partial charge in [-0.2, -0.15) is 0 Å². The molecule has 0 heterocycles. The summed E-state index contributed by atoms with van der Waals surface area (Å²) in [4.78, 5) is 10.5. The van der Waals surface area contributed by atoms with Crippen molar-refractivity contribution in [3.63, 3.8) is 0 Å². The van der Waals surface area contributed by atoms with Crippen LogP contribution in [0.5, 0.6) is 0 Å². The van der Waals surface area contributed by atoms with Crippen molar-refractivity contribution in [1.82, 2.24) is 0 Å². The lowest BCUT2D eigenvalue weighted by Gasteiger charge is -2.20. The van der Waals surface area contributed by atoms with E-state index >= 15 is 0 Å². The summed E-state index contributed by atoms with van der Waals surface area (Å²) in [5, 5.41) is 0. The Morgan fingerprint density at radius 2 is 1.77 bits per heavy atom. The molecule has 1 aliphatic carbocycles. The first kappa shape index (κ1) is 12.5. The Labute approximate surface area is 81.7 Å². The summed E-state index contributed by atoms with van der Waals surface area (Å²) in [5.74, 6) is 0.503. The van der Waals surface area contributed by atoms with Crippen LogP contribution in [-0.2, 0) is 9.53 Å². The number of rotatable bonds is 2. The zero-order valence-electron chi connectivity index (χ0n) is 9.14. The lowest BCUT2D eigenvalue weighted by Crippen LogP contribution is -2.15. The zero-order valence-corrected chi connectivity index (χ0v) is 9.14. The third-order valence-electron chi connectivity index (χ3n) is 2.25. The van der Waals surface area contributed by atoms with Gasteiger partial charge in [-0.3, -0.25) is 4.79 Å². The second-order valence-electron chi connectivity index (χ2n) is 3.31. The smallest absolute Gasteiger partial charge is 0.302 e. The summed E-state index contributed by atoms with van der Waals surface area (Å²) in [7, 11) is 0. The molecule has 0 aromatic carbocycles. The fraction of sp³-hybridized carbons (Fsp3) is 0.909. The van der Waals surface area contributed by atoms with Crippen LogP contribution in [0.2, 0.25) is 0 Å². The molecule has 1 saturated carbocycles. The predicted molar refractivity (Wildman–Crippen MR) is 54.6 cm³/mol. The maximum Gasteiger partial charge on any atom is 0.302 e. The van der Waals surface area contributed by atoms with Gasteiger partial charge in [0.2, 0.25) is 0 Å². The van der Waals surface area contributed by atoms with Crippen LogP contribution in [0.3, 0.4) is 0 Å². The molecule has 0 radical (unpaired) electrons. The van der Waals surface area contributed by atoms with E-state index in [-0.39, 0.29) is 5.97 Å². The highest BCUT2D eigenvalue weighted by Crippen LogP contribution is 2.23. The molecule has 0 aliphatic heterocycles. The number of hydrogen-bond donors (Lipinski definition) is 0. The number of ether oxygens (including phenoxy) is 1. The third-order valence-corrected chi connectivity index (χ3v) is 2.25. The molecule has 0 saturated heterocycles. The lowest BCUT2D eigenvalue weighted by atomic mass is 9.90. The largest absolute Gasteiger partial charge is 0.466 e. The van der Waals surface area contributed by atoms with Crippen LogP contribution in [0.4, 0.5) is 0 Å². The van der Waals surface area contributed by atoms with Crippen LogP contribution >= 0.6 is 0 Å². The van der Waals surface area contributed by atoms with E-state index in [0.717, 1.165) is 0 Å². The Morgan fingerprint density at radius 3 is 2.23 bits per heavy atom. The topological polar surface area (TPSA) is 26.3 Å². The first-order chi connectivity index (χ1) is 6.29. The Morgan fingerprint density at radius 1 is 1.23 bits per heavy atom. The molecule has 13 heavy (non-hydrogen) atoms. The van der Waals surface area contributed by atoms with Crippen LogP contribution < -0.4 is 0 Å². The summed E-state index contributed by atoms with van der Waals surface area (Å²) in [6.45, 7) is 6.12. The molecule has 1 rings (SSSR count). The maximum absolute atomic E-state index is 10.5. The van der Waals surface area contributed by atoms with Crippen LogP contribution in [0, 0.1) is 5.92 Å². The van der Waals surface area contributed by atoms with E-state index in [2.05, 4.69) is 0 Å². The molecular formula is C11H22O2. The summed E-state index contributed by atoms with van der Waals surface area (Å²) in [5.41, 5.74) is 0. The van der Waals surface area contributed by atoms with Crippen molar-refractivity contribution in [3.8, 4) is 0 Å². The van der Waals surface area contributed by atoms with Gasteiger partial charge in [0.1, 0.15) is 0 Å². The van der Waals surface area contributed by atoms with Crippen molar-refractivity contribution in [1.29, 1.82) is 0 Å². The summed E-state index contributed by atoms with van der Waals surface area (Å²) >= 11 is 0. The average Bonchev–Trinajstić information content (AvgIpc) is 2.19. The molecule has 0 aromatic rings. The van der Waals surface area contributed by atoms with E-state index in [0.29, 0.717) is 12.5 Å². The van der Waals surface area contributed by atoms with Crippen molar-refractivity contribution >= 4 is 5.97 Å². The number of hydrogen-bond acceptors (Lipinski definition) is 2. The Kier molecular flexibility index (Phi) is 7.76. The van der Waals surface area contributed by atoms with Crippen molar-refractivity contribution < 1.29 is 9.53 Å². The molecule has 0 N–H and O–H groups in total. The van der Waals surface area contributed by atoms with Crippen LogP contribution in [0.25, 0.3) is 0 Å². The minimum absolute atomic E-state index is 0.143. The van der Waals surface area contributed by atoms with Crippen molar-refractivity contribution in [2.75, 3.05) is 6.61 Å². The molecule has 1 fully saturated rings. The van der Waals surface area contributed by atoms with Crippen LogP contribution in [-0.4, -0.2) is 12.6 Å². The van der Waals surface area contributed by atoms with E-state index in [1.165, 1.54) is 39.0 Å². The summed E-state index contributed by atoms with van der Waals surface area (Å²) in [6.07, 6.45) is 6.47. The second kappa shape index (κ2) is 8.09. The van der Waals surface area contributed by atoms with Crippen LogP contribution in [0.1, 0.15) is 52.9 Å². The highest BCUT2D eigenvalue weighted by atomic mass is 16.5. The van der Waals surface area contributed by atoms with Crippen molar-refractivity contribution in [2.45, 2.75) is 52.9 Å². The van der Waals surface area contributed by atoms with E-state index in [4.69, 9.17) is 4.74 Å². The Hall–Kier alpha value is -0.530. The van der Waals surface area contributed by atoms with Crippen LogP contribution in [0.15, 0.2) is 0 Å². The fourth-order valence-electron chi connectivity index (χ4n) is 1.59. The fourth-order valence-corrected chi connectivity index (χ4v) is 1.59. The van der Waals surface area contributed by atoms with E-state index in [1.54, 1.807) is 0 Å². The molecule has 0 unspecified atom stereocenters. The lowest BCUT2D eigenvalue weighted by molar-refractivity contribution is -0.142. The van der Waals surface area contributed by atoms with Gasteiger partial charge in [0.15, 0.2) is 0 Å². The van der Waals surface area contributed by atoms with Gasteiger partial charge < -0.3 is 4.74 Å². The van der Waals surface area contributed by atoms with Gasteiger partial charge in [-0.15, -0.1) is 0 Å². The standard InChI is InChI=1S/C9H16O2.C2H6/c1-8(10)11-7-9-5-3-2-4-6-9;1-2/h9H,2-7H2,1H3;1-2H3. The molecule has 78 valence electrons. The van der Waals surface area contributed by atoms with Gasteiger partial charge >= 0.3 is 5.97 Å². The van der Waals surface area contributed by atoms with Gasteiger partial charge in [-0.05, 0) is 18.8 Å². The number of esters is 1. The highest BCUT2D eigenvalue weighted by Gasteiger charge is 2.13. The molecular weight excluding hydrogens is 164 g/mol. The quantitative estimate of drug-likeness (QED) is 0.619.